The molecule has 1 fully saturated rings. The van der Waals surface area contributed by atoms with Gasteiger partial charge in [-0.25, -0.2) is 4.98 Å². The molecule has 116 valence electrons. The largest absolute Gasteiger partial charge is 0.319 e. The van der Waals surface area contributed by atoms with E-state index >= 15 is 0 Å². The lowest BCUT2D eigenvalue weighted by molar-refractivity contribution is 0.165. The topological polar surface area (TPSA) is 28.2 Å². The van der Waals surface area contributed by atoms with Crippen molar-refractivity contribution in [3.63, 3.8) is 0 Å². The van der Waals surface area contributed by atoms with Gasteiger partial charge in [0.25, 0.3) is 0 Å². The molecule has 1 saturated heterocycles. The number of nitrogens with one attached hydrogen (secondary N) is 1. The van der Waals surface area contributed by atoms with E-state index in [1.807, 2.05) is 7.05 Å². The molecule has 0 aromatic carbocycles. The lowest BCUT2D eigenvalue weighted by Crippen LogP contribution is -2.38. The molecule has 0 spiro atoms. The Morgan fingerprint density at radius 2 is 2.33 bits per heavy atom. The monoisotopic (exact) mass is 343 g/mol. The number of likely N-dealkylation sites (tertiary alicyclic amines) is 1. The molecule has 1 aliphatic rings. The number of rotatable bonds is 5. The van der Waals surface area contributed by atoms with Gasteiger partial charge in [0.15, 0.2) is 0 Å². The summed E-state index contributed by atoms with van der Waals surface area (Å²) >= 11 is 3.50. The molecule has 3 nitrogen and oxygen atoms in total. The molecule has 2 aromatic rings. The van der Waals surface area contributed by atoms with Gasteiger partial charge in [-0.05, 0) is 50.3 Å². The van der Waals surface area contributed by atoms with Crippen LogP contribution in [0.1, 0.15) is 18.5 Å². The predicted molar refractivity (Wildman–Crippen MR) is 94.6 cm³/mol. The zero-order valence-electron chi connectivity index (χ0n) is 12.2. The lowest BCUT2D eigenvalue weighted by Gasteiger charge is -2.32. The van der Waals surface area contributed by atoms with Crippen molar-refractivity contribution in [3.05, 3.63) is 27.9 Å². The lowest BCUT2D eigenvalue weighted by atomic mass is 9.98. The van der Waals surface area contributed by atoms with Crippen LogP contribution >= 0.6 is 35.1 Å². The molecule has 3 heterocycles. The maximum Gasteiger partial charge on any atom is 0.124 e. The first kappa shape index (κ1) is 16.9. The molecule has 0 radical (unpaired) electrons. The van der Waals surface area contributed by atoms with E-state index in [1.54, 1.807) is 22.7 Å². The van der Waals surface area contributed by atoms with Crippen LogP contribution in [0.25, 0.3) is 10.6 Å². The third kappa shape index (κ3) is 4.50. The summed E-state index contributed by atoms with van der Waals surface area (Å²) in [4.78, 5) is 7.34. The third-order valence-corrected chi connectivity index (χ3v) is 5.42. The standard InChI is InChI=1S/C15H21N3S2.ClH/c1-16-7-12-3-2-5-18(8-12)9-14-11-20-15(17-14)13-4-6-19-10-13;/h4,6,10-12,16H,2-3,5,7-9H2,1H3;1H. The van der Waals surface area contributed by atoms with Crippen molar-refractivity contribution >= 4 is 35.1 Å². The van der Waals surface area contributed by atoms with Crippen molar-refractivity contribution in [2.45, 2.75) is 19.4 Å². The van der Waals surface area contributed by atoms with Crippen LogP contribution in [0.3, 0.4) is 0 Å². The average Bonchev–Trinajstić information content (AvgIpc) is 3.10. The Kier molecular flexibility index (Phi) is 6.64. The van der Waals surface area contributed by atoms with Gasteiger partial charge in [-0.15, -0.1) is 23.7 Å². The zero-order valence-corrected chi connectivity index (χ0v) is 14.7. The van der Waals surface area contributed by atoms with E-state index in [4.69, 9.17) is 4.98 Å². The molecule has 1 atom stereocenters. The van der Waals surface area contributed by atoms with E-state index in [0.717, 1.165) is 24.0 Å². The van der Waals surface area contributed by atoms with Gasteiger partial charge in [-0.3, -0.25) is 4.90 Å². The van der Waals surface area contributed by atoms with Crippen LogP contribution < -0.4 is 5.32 Å². The molecule has 1 aliphatic heterocycles. The van der Waals surface area contributed by atoms with E-state index in [0.29, 0.717) is 0 Å². The molecule has 0 amide bonds. The first-order chi connectivity index (χ1) is 9.85. The molecule has 0 bridgehead atoms. The van der Waals surface area contributed by atoms with Gasteiger partial charge in [-0.1, -0.05) is 0 Å². The van der Waals surface area contributed by atoms with E-state index in [1.165, 1.54) is 37.2 Å². The summed E-state index contributed by atoms with van der Waals surface area (Å²) in [5, 5.41) is 11.0. The summed E-state index contributed by atoms with van der Waals surface area (Å²) in [7, 11) is 2.05. The van der Waals surface area contributed by atoms with E-state index in [9.17, 15) is 0 Å². The van der Waals surface area contributed by atoms with Crippen LogP contribution in [0.15, 0.2) is 22.2 Å². The molecular formula is C15H22ClN3S2. The Hall–Kier alpha value is -0.460. The number of piperidine rings is 1. The van der Waals surface area contributed by atoms with Crippen LogP contribution in [-0.4, -0.2) is 36.6 Å². The fraction of sp³-hybridized carbons (Fsp3) is 0.533. The minimum Gasteiger partial charge on any atom is -0.319 e. The average molecular weight is 344 g/mol. The summed E-state index contributed by atoms with van der Waals surface area (Å²) in [5.41, 5.74) is 2.49. The Labute approximate surface area is 140 Å². The van der Waals surface area contributed by atoms with Crippen molar-refractivity contribution in [1.82, 2.24) is 15.2 Å². The van der Waals surface area contributed by atoms with Crippen molar-refractivity contribution in [1.29, 1.82) is 0 Å². The van der Waals surface area contributed by atoms with E-state index in [-0.39, 0.29) is 12.4 Å². The highest BCUT2D eigenvalue weighted by atomic mass is 35.5. The number of thiophene rings is 1. The molecular weight excluding hydrogens is 322 g/mol. The Bertz CT molecular complexity index is 525. The van der Waals surface area contributed by atoms with Crippen LogP contribution in [-0.2, 0) is 6.54 Å². The number of halogens is 1. The van der Waals surface area contributed by atoms with Gasteiger partial charge < -0.3 is 5.32 Å². The number of nitrogens with zero attached hydrogens (tertiary/aromatic N) is 2. The van der Waals surface area contributed by atoms with Gasteiger partial charge in [0.1, 0.15) is 5.01 Å². The summed E-state index contributed by atoms with van der Waals surface area (Å²) in [5.74, 6) is 0.795. The summed E-state index contributed by atoms with van der Waals surface area (Å²) in [6, 6.07) is 2.15. The fourth-order valence-electron chi connectivity index (χ4n) is 2.88. The van der Waals surface area contributed by atoms with E-state index in [2.05, 4.69) is 32.4 Å². The number of hydrogen-bond acceptors (Lipinski definition) is 5. The highest BCUT2D eigenvalue weighted by molar-refractivity contribution is 7.14. The number of aromatic nitrogens is 1. The summed E-state index contributed by atoms with van der Waals surface area (Å²) in [6.45, 7) is 4.55. The van der Waals surface area contributed by atoms with Crippen molar-refractivity contribution in [2.24, 2.45) is 5.92 Å². The minimum absolute atomic E-state index is 0. The maximum absolute atomic E-state index is 4.79. The SMILES string of the molecule is CNCC1CCCN(Cc2csc(-c3ccsc3)n2)C1.Cl. The molecule has 1 N–H and O–H groups in total. The predicted octanol–water partition coefficient (Wildman–Crippen LogP) is 3.72. The maximum atomic E-state index is 4.79. The molecule has 21 heavy (non-hydrogen) atoms. The molecule has 3 rings (SSSR count). The third-order valence-electron chi connectivity index (χ3n) is 3.80. The van der Waals surface area contributed by atoms with Gasteiger partial charge in [0, 0.05) is 29.4 Å². The Morgan fingerprint density at radius 1 is 1.43 bits per heavy atom. The quantitative estimate of drug-likeness (QED) is 0.896. The summed E-state index contributed by atoms with van der Waals surface area (Å²) in [6.07, 6.45) is 2.67. The second-order valence-electron chi connectivity index (χ2n) is 5.46. The van der Waals surface area contributed by atoms with Gasteiger partial charge in [-0.2, -0.15) is 11.3 Å². The molecule has 6 heteroatoms. The Morgan fingerprint density at radius 3 is 3.10 bits per heavy atom. The van der Waals surface area contributed by atoms with Gasteiger partial charge >= 0.3 is 0 Å². The molecule has 0 aliphatic carbocycles. The van der Waals surface area contributed by atoms with Crippen molar-refractivity contribution in [2.75, 3.05) is 26.7 Å². The van der Waals surface area contributed by atoms with Gasteiger partial charge in [0.2, 0.25) is 0 Å². The first-order valence-corrected chi connectivity index (χ1v) is 9.01. The molecule has 0 saturated carbocycles. The Balaban J connectivity index is 0.00000161. The molecule has 2 aromatic heterocycles. The highest BCUT2D eigenvalue weighted by Gasteiger charge is 2.20. The fourth-order valence-corrected chi connectivity index (χ4v) is 4.40. The van der Waals surface area contributed by atoms with Crippen LogP contribution in [0.4, 0.5) is 0 Å². The second-order valence-corrected chi connectivity index (χ2v) is 7.10. The number of hydrogen-bond donors (Lipinski definition) is 1. The smallest absolute Gasteiger partial charge is 0.124 e. The van der Waals surface area contributed by atoms with E-state index < -0.39 is 0 Å². The van der Waals surface area contributed by atoms with Crippen LogP contribution in [0.2, 0.25) is 0 Å². The van der Waals surface area contributed by atoms with Crippen LogP contribution in [0.5, 0.6) is 0 Å². The highest BCUT2D eigenvalue weighted by Crippen LogP contribution is 2.26. The van der Waals surface area contributed by atoms with Crippen molar-refractivity contribution in [3.8, 4) is 10.6 Å². The number of thiazole rings is 1. The molecule has 1 unspecified atom stereocenters. The van der Waals surface area contributed by atoms with Gasteiger partial charge in [0.05, 0.1) is 5.69 Å². The second kappa shape index (κ2) is 8.25. The van der Waals surface area contributed by atoms with Crippen LogP contribution in [0, 0.1) is 5.92 Å². The minimum atomic E-state index is 0. The normalized spacial score (nSPS) is 19.4. The first-order valence-electron chi connectivity index (χ1n) is 7.19. The van der Waals surface area contributed by atoms with Crippen molar-refractivity contribution < 1.29 is 0 Å². The summed E-state index contributed by atoms with van der Waals surface area (Å²) < 4.78 is 0. The zero-order chi connectivity index (χ0) is 13.8.